The number of terminal acetylenes is 1. The second-order valence-corrected chi connectivity index (χ2v) is 4.68. The lowest BCUT2D eigenvalue weighted by molar-refractivity contribution is 0.0696. The molecule has 100 valence electrons. The van der Waals surface area contributed by atoms with Crippen LogP contribution in [0.5, 0.6) is 0 Å². The lowest BCUT2D eigenvalue weighted by Crippen LogP contribution is -2.44. The number of aryl methyl sites for hydroxylation is 1. The van der Waals surface area contributed by atoms with Crippen LogP contribution in [0.15, 0.2) is 18.2 Å². The van der Waals surface area contributed by atoms with Crippen molar-refractivity contribution in [1.82, 2.24) is 5.32 Å². The first kappa shape index (κ1) is 14.6. The molecule has 5 nitrogen and oxygen atoms in total. The number of urea groups is 1. The molecule has 0 saturated carbocycles. The lowest BCUT2D eigenvalue weighted by Gasteiger charge is -2.20. The van der Waals surface area contributed by atoms with Gasteiger partial charge in [-0.2, -0.15) is 0 Å². The molecule has 5 heteroatoms. The van der Waals surface area contributed by atoms with Crippen LogP contribution in [0, 0.1) is 19.3 Å². The van der Waals surface area contributed by atoms with E-state index in [0.717, 1.165) is 0 Å². The molecule has 3 N–H and O–H groups in total. The molecule has 0 saturated heterocycles. The quantitative estimate of drug-likeness (QED) is 0.729. The van der Waals surface area contributed by atoms with Gasteiger partial charge in [0, 0.05) is 5.69 Å². The Morgan fingerprint density at radius 1 is 1.37 bits per heavy atom. The van der Waals surface area contributed by atoms with Gasteiger partial charge in [0.25, 0.3) is 0 Å². The molecule has 0 unspecified atom stereocenters. The van der Waals surface area contributed by atoms with Crippen LogP contribution in [0.2, 0.25) is 0 Å². The SMILES string of the molecule is C#CC(C)(C)NC(=O)Nc1ccc(C(=O)O)c(C)c1. The lowest BCUT2D eigenvalue weighted by atomic mass is 10.1. The Labute approximate surface area is 112 Å². The number of hydrogen-bond acceptors (Lipinski definition) is 2. The molecular weight excluding hydrogens is 244 g/mol. The number of carboxylic acid groups (broad SMARTS) is 1. The molecule has 0 heterocycles. The summed E-state index contributed by atoms with van der Waals surface area (Å²) < 4.78 is 0. The normalized spacial score (nSPS) is 10.4. The summed E-state index contributed by atoms with van der Waals surface area (Å²) >= 11 is 0. The summed E-state index contributed by atoms with van der Waals surface area (Å²) in [7, 11) is 0. The minimum atomic E-state index is -0.998. The molecule has 0 aromatic heterocycles. The first-order chi connectivity index (χ1) is 8.75. The van der Waals surface area contributed by atoms with E-state index in [-0.39, 0.29) is 5.56 Å². The molecule has 19 heavy (non-hydrogen) atoms. The zero-order chi connectivity index (χ0) is 14.6. The maximum absolute atomic E-state index is 11.7. The first-order valence-corrected chi connectivity index (χ1v) is 5.66. The Morgan fingerprint density at radius 3 is 2.47 bits per heavy atom. The van der Waals surface area contributed by atoms with Gasteiger partial charge < -0.3 is 15.7 Å². The van der Waals surface area contributed by atoms with Crippen molar-refractivity contribution in [2.75, 3.05) is 5.32 Å². The van der Waals surface area contributed by atoms with E-state index in [9.17, 15) is 9.59 Å². The summed E-state index contributed by atoms with van der Waals surface area (Å²) in [4.78, 5) is 22.5. The second kappa shape index (κ2) is 5.44. The molecule has 0 aliphatic heterocycles. The van der Waals surface area contributed by atoms with Crippen LogP contribution in [-0.4, -0.2) is 22.6 Å². The van der Waals surface area contributed by atoms with Crippen molar-refractivity contribution < 1.29 is 14.7 Å². The van der Waals surface area contributed by atoms with Crippen LogP contribution >= 0.6 is 0 Å². The molecule has 0 spiro atoms. The predicted octanol–water partition coefficient (Wildman–Crippen LogP) is 2.23. The van der Waals surface area contributed by atoms with Gasteiger partial charge in [-0.05, 0) is 44.5 Å². The van der Waals surface area contributed by atoms with Crippen LogP contribution in [-0.2, 0) is 0 Å². The minimum absolute atomic E-state index is 0.204. The van der Waals surface area contributed by atoms with E-state index in [1.54, 1.807) is 26.8 Å². The largest absolute Gasteiger partial charge is 0.478 e. The summed E-state index contributed by atoms with van der Waals surface area (Å²) in [6.45, 7) is 5.06. The average molecular weight is 260 g/mol. The van der Waals surface area contributed by atoms with Crippen molar-refractivity contribution in [1.29, 1.82) is 0 Å². The standard InChI is InChI=1S/C14H16N2O3/c1-5-14(3,4)16-13(19)15-10-6-7-11(12(17)18)9(2)8-10/h1,6-8H,2-4H3,(H,17,18)(H2,15,16,19). The Bertz CT molecular complexity index is 556. The molecule has 2 amide bonds. The van der Waals surface area contributed by atoms with Gasteiger partial charge in [0.2, 0.25) is 0 Å². The van der Waals surface area contributed by atoms with Crippen molar-refractivity contribution in [2.24, 2.45) is 0 Å². The molecule has 1 aromatic rings. The minimum Gasteiger partial charge on any atom is -0.478 e. The highest BCUT2D eigenvalue weighted by Gasteiger charge is 2.17. The summed E-state index contributed by atoms with van der Waals surface area (Å²) in [5.41, 5.74) is 0.532. The number of benzene rings is 1. The monoisotopic (exact) mass is 260 g/mol. The van der Waals surface area contributed by atoms with Gasteiger partial charge >= 0.3 is 12.0 Å². The summed E-state index contributed by atoms with van der Waals surface area (Å²) in [6, 6.07) is 4.12. The van der Waals surface area contributed by atoms with Gasteiger partial charge in [0.05, 0.1) is 11.1 Å². The highest BCUT2D eigenvalue weighted by molar-refractivity contribution is 5.93. The third kappa shape index (κ3) is 4.03. The van der Waals surface area contributed by atoms with Gasteiger partial charge in [-0.3, -0.25) is 0 Å². The van der Waals surface area contributed by atoms with Gasteiger partial charge in [0.1, 0.15) is 0 Å². The Hall–Kier alpha value is -2.48. The number of carbonyl (C=O) groups excluding carboxylic acids is 1. The van der Waals surface area contributed by atoms with Gasteiger partial charge in [0.15, 0.2) is 0 Å². The van der Waals surface area contributed by atoms with Crippen molar-refractivity contribution >= 4 is 17.7 Å². The van der Waals surface area contributed by atoms with Crippen molar-refractivity contribution in [3.8, 4) is 12.3 Å². The van der Waals surface area contributed by atoms with E-state index in [2.05, 4.69) is 16.6 Å². The van der Waals surface area contributed by atoms with E-state index < -0.39 is 17.5 Å². The fraction of sp³-hybridized carbons (Fsp3) is 0.286. The van der Waals surface area contributed by atoms with E-state index >= 15 is 0 Å². The summed E-state index contributed by atoms with van der Waals surface area (Å²) in [6.07, 6.45) is 5.27. The number of aromatic carboxylic acids is 1. The van der Waals surface area contributed by atoms with Crippen LogP contribution < -0.4 is 10.6 Å². The zero-order valence-electron chi connectivity index (χ0n) is 11.1. The maximum atomic E-state index is 11.7. The molecule has 0 aliphatic carbocycles. The highest BCUT2D eigenvalue weighted by atomic mass is 16.4. The molecular formula is C14H16N2O3. The number of rotatable bonds is 3. The van der Waals surface area contributed by atoms with Gasteiger partial charge in [-0.15, -0.1) is 6.42 Å². The highest BCUT2D eigenvalue weighted by Crippen LogP contribution is 2.15. The van der Waals surface area contributed by atoms with Crippen molar-refractivity contribution in [3.63, 3.8) is 0 Å². The van der Waals surface area contributed by atoms with Crippen LogP contribution in [0.25, 0.3) is 0 Å². The number of carbonyl (C=O) groups is 2. The molecule has 0 atom stereocenters. The average Bonchev–Trinajstić information content (AvgIpc) is 2.27. The van der Waals surface area contributed by atoms with Crippen LogP contribution in [0.4, 0.5) is 10.5 Å². The molecule has 0 radical (unpaired) electrons. The van der Waals surface area contributed by atoms with E-state index in [0.29, 0.717) is 11.3 Å². The summed E-state index contributed by atoms with van der Waals surface area (Å²) in [5, 5.41) is 14.1. The third-order valence-electron chi connectivity index (χ3n) is 2.50. The number of anilines is 1. The number of carboxylic acids is 1. The first-order valence-electron chi connectivity index (χ1n) is 5.66. The number of nitrogens with one attached hydrogen (secondary N) is 2. The Morgan fingerprint density at radius 2 is 2.00 bits per heavy atom. The summed E-state index contributed by atoms with van der Waals surface area (Å²) in [5.74, 6) is 1.45. The Balaban J connectivity index is 2.79. The smallest absolute Gasteiger partial charge is 0.335 e. The molecule has 0 bridgehead atoms. The van der Waals surface area contributed by atoms with Crippen molar-refractivity contribution in [2.45, 2.75) is 26.3 Å². The van der Waals surface area contributed by atoms with Gasteiger partial charge in [-0.25, -0.2) is 9.59 Å². The van der Waals surface area contributed by atoms with Crippen LogP contribution in [0.1, 0.15) is 29.8 Å². The number of hydrogen-bond donors (Lipinski definition) is 3. The predicted molar refractivity (Wildman–Crippen MR) is 73.2 cm³/mol. The van der Waals surface area contributed by atoms with E-state index in [1.807, 2.05) is 0 Å². The molecule has 1 aromatic carbocycles. The number of amides is 2. The third-order valence-corrected chi connectivity index (χ3v) is 2.50. The fourth-order valence-corrected chi connectivity index (χ4v) is 1.46. The van der Waals surface area contributed by atoms with Crippen LogP contribution in [0.3, 0.4) is 0 Å². The molecule has 0 aliphatic rings. The second-order valence-electron chi connectivity index (χ2n) is 4.68. The zero-order valence-corrected chi connectivity index (χ0v) is 11.1. The van der Waals surface area contributed by atoms with Crippen molar-refractivity contribution in [3.05, 3.63) is 29.3 Å². The Kier molecular flexibility index (Phi) is 4.18. The van der Waals surface area contributed by atoms with E-state index in [4.69, 9.17) is 11.5 Å². The topological polar surface area (TPSA) is 78.4 Å². The fourth-order valence-electron chi connectivity index (χ4n) is 1.46. The molecule has 0 fully saturated rings. The van der Waals surface area contributed by atoms with Gasteiger partial charge in [-0.1, -0.05) is 5.92 Å². The maximum Gasteiger partial charge on any atom is 0.335 e. The molecule has 1 rings (SSSR count). The van der Waals surface area contributed by atoms with E-state index in [1.165, 1.54) is 12.1 Å².